The number of hydrogen-bond donors (Lipinski definition) is 0. The van der Waals surface area contributed by atoms with Crippen molar-refractivity contribution in [3.63, 3.8) is 0 Å². The zero-order chi connectivity index (χ0) is 31.5. The van der Waals surface area contributed by atoms with Crippen LogP contribution in [0.25, 0.3) is 10.8 Å². The molecule has 0 amide bonds. The van der Waals surface area contributed by atoms with Crippen LogP contribution < -0.4 is 14.4 Å². The van der Waals surface area contributed by atoms with Gasteiger partial charge in [0.25, 0.3) is 5.69 Å². The third kappa shape index (κ3) is 7.82. The monoisotopic (exact) mass is 610 g/mol. The van der Waals surface area contributed by atoms with Crippen molar-refractivity contribution in [2.24, 2.45) is 10.2 Å². The molecule has 0 spiro atoms. The summed E-state index contributed by atoms with van der Waals surface area (Å²) in [6.07, 6.45) is 10.7. The molecule has 44 heavy (non-hydrogen) atoms. The minimum absolute atomic E-state index is 0.0285. The number of carbonyl (C=O) groups is 1. The number of azo groups is 1. The van der Waals surface area contributed by atoms with Crippen LogP contribution in [0, 0.1) is 34.8 Å². The number of nitro benzene ring substituents is 1. The third-order valence-corrected chi connectivity index (χ3v) is 6.69. The number of hydrogen-bond acceptors (Lipinski definition) is 9. The first-order valence-electron chi connectivity index (χ1n) is 13.4. The molecule has 11 heteroatoms. The van der Waals surface area contributed by atoms with Gasteiger partial charge in [0, 0.05) is 29.8 Å². The quantitative estimate of drug-likeness (QED) is 0.0505. The van der Waals surface area contributed by atoms with Gasteiger partial charge in [0.15, 0.2) is 0 Å². The number of fused-ring (bicyclic) bond motifs is 1. The fraction of sp³-hybridized carbons (Fsp3) is 0.182. The van der Waals surface area contributed by atoms with E-state index in [1.807, 2.05) is 36.1 Å². The second kappa shape index (κ2) is 15.1. The molecule has 0 aliphatic heterocycles. The van der Waals surface area contributed by atoms with Crippen LogP contribution in [0.1, 0.15) is 17.3 Å². The zero-order valence-corrected chi connectivity index (χ0v) is 24.5. The smallest absolute Gasteiger partial charge is 0.342 e. The lowest BCUT2D eigenvalue weighted by atomic mass is 10.0. The number of nitro groups is 1. The molecule has 0 unspecified atom stereocenters. The first-order chi connectivity index (χ1) is 21.3. The number of carbonyl (C=O) groups excluding carboxylic acids is 1. The topological polar surface area (TPSA) is 116 Å². The molecule has 0 radical (unpaired) electrons. The summed E-state index contributed by atoms with van der Waals surface area (Å²) in [4.78, 5) is 25.5. The van der Waals surface area contributed by atoms with Gasteiger partial charge in [-0.2, -0.15) is 5.11 Å². The van der Waals surface area contributed by atoms with Crippen LogP contribution in [0.3, 0.4) is 0 Å². The highest BCUT2D eigenvalue weighted by Gasteiger charge is 2.18. The first-order valence-corrected chi connectivity index (χ1v) is 13.8. The summed E-state index contributed by atoms with van der Waals surface area (Å²) in [6, 6.07) is 20.1. The Hall–Kier alpha value is -5.58. The predicted molar refractivity (Wildman–Crippen MR) is 169 cm³/mol. The Bertz CT molecular complexity index is 1780. The number of nitrogens with zero attached hydrogens (tertiary/aromatic N) is 4. The Morgan fingerprint density at radius 1 is 0.977 bits per heavy atom. The van der Waals surface area contributed by atoms with Gasteiger partial charge in [0.1, 0.15) is 42.6 Å². The number of halogens is 1. The average molecular weight is 611 g/mol. The molecule has 0 aliphatic rings. The number of anilines is 1. The first kappa shape index (κ1) is 31.4. The largest absolute Gasteiger partial charge is 0.480 e. The summed E-state index contributed by atoms with van der Waals surface area (Å²) in [5.41, 5.74) is 1.88. The molecular formula is C33H27ClN4O6. The van der Waals surface area contributed by atoms with E-state index in [0.717, 1.165) is 16.5 Å². The van der Waals surface area contributed by atoms with Gasteiger partial charge >= 0.3 is 5.97 Å². The standard InChI is InChI=1S/C33H27ClN4O6/c1-4-17-42-31-9-7-8-23-20-28(32(22-27(23)31)43-18-5-2)33(39)44-19-16-37(6-3)25-12-10-24(11-13-25)35-36-30-15-14-26(38(40)41)21-29(30)34/h1-2,7-15,20-22H,6,16-19H2,3H3. The summed E-state index contributed by atoms with van der Waals surface area (Å²) in [5, 5.41) is 20.8. The van der Waals surface area contributed by atoms with Gasteiger partial charge in [-0.1, -0.05) is 35.6 Å². The van der Waals surface area contributed by atoms with E-state index in [1.165, 1.54) is 18.2 Å². The van der Waals surface area contributed by atoms with E-state index in [2.05, 4.69) is 22.1 Å². The molecule has 0 atom stereocenters. The van der Waals surface area contributed by atoms with E-state index in [4.69, 9.17) is 38.7 Å². The Labute approximate surface area is 259 Å². The fourth-order valence-corrected chi connectivity index (χ4v) is 4.46. The number of likely N-dealkylation sites (N-methyl/N-ethyl adjacent to an activating group) is 1. The zero-order valence-electron chi connectivity index (χ0n) is 23.7. The maximum atomic E-state index is 13.1. The van der Waals surface area contributed by atoms with Gasteiger partial charge in [-0.15, -0.1) is 18.0 Å². The molecule has 0 saturated carbocycles. The van der Waals surface area contributed by atoms with Gasteiger partial charge in [-0.25, -0.2) is 4.79 Å². The van der Waals surface area contributed by atoms with Gasteiger partial charge in [-0.3, -0.25) is 10.1 Å². The van der Waals surface area contributed by atoms with Crippen molar-refractivity contribution in [3.8, 4) is 36.2 Å². The molecule has 222 valence electrons. The van der Waals surface area contributed by atoms with Crippen molar-refractivity contribution in [3.05, 3.63) is 93.5 Å². The molecule has 0 saturated heterocycles. The van der Waals surface area contributed by atoms with Crippen LogP contribution in [-0.4, -0.2) is 43.8 Å². The second-order valence-electron chi connectivity index (χ2n) is 9.14. The lowest BCUT2D eigenvalue weighted by molar-refractivity contribution is -0.384. The highest BCUT2D eigenvalue weighted by atomic mass is 35.5. The second-order valence-corrected chi connectivity index (χ2v) is 9.54. The van der Waals surface area contributed by atoms with Crippen LogP contribution >= 0.6 is 11.6 Å². The summed E-state index contributed by atoms with van der Waals surface area (Å²) >= 11 is 6.09. The Kier molecular flexibility index (Phi) is 10.7. The van der Waals surface area contributed by atoms with Crippen molar-refractivity contribution in [2.75, 3.05) is 37.8 Å². The van der Waals surface area contributed by atoms with Crippen LogP contribution in [0.2, 0.25) is 5.02 Å². The van der Waals surface area contributed by atoms with E-state index < -0.39 is 10.9 Å². The molecule has 0 N–H and O–H groups in total. The van der Waals surface area contributed by atoms with Crippen molar-refractivity contribution in [2.45, 2.75) is 6.92 Å². The Morgan fingerprint density at radius 3 is 2.36 bits per heavy atom. The highest BCUT2D eigenvalue weighted by Crippen LogP contribution is 2.33. The van der Waals surface area contributed by atoms with E-state index in [1.54, 1.807) is 30.3 Å². The molecule has 0 bridgehead atoms. The normalized spacial score (nSPS) is 10.6. The highest BCUT2D eigenvalue weighted by molar-refractivity contribution is 6.33. The van der Waals surface area contributed by atoms with Gasteiger partial charge in [-0.05, 0) is 60.8 Å². The Balaban J connectivity index is 1.42. The summed E-state index contributed by atoms with van der Waals surface area (Å²) in [7, 11) is 0. The average Bonchev–Trinajstić information content (AvgIpc) is 3.03. The molecule has 0 aliphatic carbocycles. The molecule has 0 fully saturated rings. The van der Waals surface area contributed by atoms with Crippen molar-refractivity contribution in [1.29, 1.82) is 0 Å². The predicted octanol–water partition coefficient (Wildman–Crippen LogP) is 7.52. The minimum Gasteiger partial charge on any atom is -0.480 e. The van der Waals surface area contributed by atoms with E-state index in [-0.39, 0.29) is 41.8 Å². The molecule has 0 heterocycles. The van der Waals surface area contributed by atoms with Gasteiger partial charge in [0.2, 0.25) is 0 Å². The van der Waals surface area contributed by atoms with Crippen LogP contribution in [0.5, 0.6) is 11.5 Å². The number of esters is 1. The van der Waals surface area contributed by atoms with Crippen LogP contribution in [0.4, 0.5) is 22.7 Å². The molecule has 10 nitrogen and oxygen atoms in total. The number of non-ortho nitro benzene ring substituents is 1. The number of benzene rings is 4. The maximum Gasteiger partial charge on any atom is 0.342 e. The van der Waals surface area contributed by atoms with E-state index in [9.17, 15) is 14.9 Å². The fourth-order valence-electron chi connectivity index (χ4n) is 4.25. The van der Waals surface area contributed by atoms with Gasteiger partial charge < -0.3 is 19.1 Å². The lowest BCUT2D eigenvalue weighted by Crippen LogP contribution is -2.28. The van der Waals surface area contributed by atoms with Gasteiger partial charge in [0.05, 0.1) is 22.2 Å². The Morgan fingerprint density at radius 2 is 1.70 bits per heavy atom. The number of ether oxygens (including phenoxy) is 3. The maximum absolute atomic E-state index is 13.1. The lowest BCUT2D eigenvalue weighted by Gasteiger charge is -2.23. The van der Waals surface area contributed by atoms with Crippen LogP contribution in [0.15, 0.2) is 83.0 Å². The minimum atomic E-state index is -0.550. The summed E-state index contributed by atoms with van der Waals surface area (Å²) < 4.78 is 17.0. The van der Waals surface area contributed by atoms with E-state index in [0.29, 0.717) is 30.2 Å². The number of terminal acetylenes is 2. The molecule has 4 rings (SSSR count). The third-order valence-electron chi connectivity index (χ3n) is 6.39. The number of rotatable bonds is 13. The molecule has 4 aromatic rings. The SMILES string of the molecule is C#CCOc1cc2c(OCC#C)cccc2cc1C(=O)OCCN(CC)c1ccc(N=Nc2ccc([N+](=O)[O-])cc2Cl)cc1. The van der Waals surface area contributed by atoms with Crippen molar-refractivity contribution in [1.82, 2.24) is 0 Å². The molecular weight excluding hydrogens is 584 g/mol. The molecule has 4 aromatic carbocycles. The summed E-state index contributed by atoms with van der Waals surface area (Å²) in [5.74, 6) is 5.15. The van der Waals surface area contributed by atoms with E-state index >= 15 is 0 Å². The summed E-state index contributed by atoms with van der Waals surface area (Å²) in [6.45, 7) is 3.26. The van der Waals surface area contributed by atoms with Crippen LogP contribution in [-0.2, 0) is 4.74 Å². The van der Waals surface area contributed by atoms with Crippen molar-refractivity contribution < 1.29 is 23.9 Å². The van der Waals surface area contributed by atoms with Crippen molar-refractivity contribution >= 4 is 51.1 Å². The molecule has 0 aromatic heterocycles.